The van der Waals surface area contributed by atoms with E-state index in [1.807, 2.05) is 19.1 Å². The van der Waals surface area contributed by atoms with Gasteiger partial charge in [0.05, 0.1) is 26.9 Å². The number of carbonyl (C=O) groups excluding carboxylic acids is 1. The standard InChI is InChI=1S/C16H23NO4/c1-5-13-12-10-15(20-4)14(19-3)9-11(12)7-8-17(13)16(18)21-6-2/h9-10,13H,5-8H2,1-4H3/t13-/m1/s1. The smallest absolute Gasteiger partial charge is 0.410 e. The quantitative estimate of drug-likeness (QED) is 0.855. The maximum absolute atomic E-state index is 12.1. The van der Waals surface area contributed by atoms with Crippen LogP contribution < -0.4 is 9.47 Å². The van der Waals surface area contributed by atoms with Crippen LogP contribution in [0.1, 0.15) is 37.4 Å². The number of hydrogen-bond donors (Lipinski definition) is 0. The molecule has 2 rings (SSSR count). The minimum absolute atomic E-state index is 0.0209. The summed E-state index contributed by atoms with van der Waals surface area (Å²) in [4.78, 5) is 13.9. The minimum atomic E-state index is -0.246. The number of fused-ring (bicyclic) bond motifs is 1. The number of hydrogen-bond acceptors (Lipinski definition) is 4. The predicted molar refractivity (Wildman–Crippen MR) is 80.0 cm³/mol. The van der Waals surface area contributed by atoms with E-state index in [0.717, 1.165) is 24.2 Å². The topological polar surface area (TPSA) is 48.0 Å². The van der Waals surface area contributed by atoms with Crippen LogP contribution in [0.3, 0.4) is 0 Å². The molecule has 0 N–H and O–H groups in total. The summed E-state index contributed by atoms with van der Waals surface area (Å²) in [5, 5.41) is 0. The van der Waals surface area contributed by atoms with E-state index >= 15 is 0 Å². The van der Waals surface area contributed by atoms with Gasteiger partial charge in [0, 0.05) is 6.54 Å². The molecule has 116 valence electrons. The van der Waals surface area contributed by atoms with Crippen molar-refractivity contribution in [1.29, 1.82) is 0 Å². The van der Waals surface area contributed by atoms with Crippen LogP contribution in [-0.2, 0) is 11.2 Å². The van der Waals surface area contributed by atoms with Gasteiger partial charge in [-0.25, -0.2) is 4.79 Å². The van der Waals surface area contributed by atoms with Crippen molar-refractivity contribution < 1.29 is 19.0 Å². The minimum Gasteiger partial charge on any atom is -0.493 e. The third-order valence-electron chi connectivity index (χ3n) is 3.89. The van der Waals surface area contributed by atoms with Crippen LogP contribution in [-0.4, -0.2) is 38.4 Å². The molecule has 1 atom stereocenters. The molecule has 0 aromatic heterocycles. The zero-order chi connectivity index (χ0) is 15.4. The maximum atomic E-state index is 12.1. The molecule has 0 radical (unpaired) electrons. The second-order valence-corrected chi connectivity index (χ2v) is 4.97. The van der Waals surface area contributed by atoms with Crippen molar-refractivity contribution in [2.75, 3.05) is 27.4 Å². The van der Waals surface area contributed by atoms with Gasteiger partial charge >= 0.3 is 6.09 Å². The van der Waals surface area contributed by atoms with E-state index in [4.69, 9.17) is 14.2 Å². The number of carbonyl (C=O) groups is 1. The number of methoxy groups -OCH3 is 2. The number of nitrogens with zero attached hydrogens (tertiary/aromatic N) is 1. The first-order valence-corrected chi connectivity index (χ1v) is 7.34. The molecule has 0 saturated carbocycles. The molecule has 0 spiro atoms. The Hall–Kier alpha value is -1.91. The Balaban J connectivity index is 2.39. The molecule has 1 aliphatic heterocycles. The molecule has 0 bridgehead atoms. The van der Waals surface area contributed by atoms with Crippen LogP contribution >= 0.6 is 0 Å². The summed E-state index contributed by atoms with van der Waals surface area (Å²) >= 11 is 0. The zero-order valence-corrected chi connectivity index (χ0v) is 13.1. The van der Waals surface area contributed by atoms with Gasteiger partial charge in [0.2, 0.25) is 0 Å². The first-order valence-electron chi connectivity index (χ1n) is 7.34. The lowest BCUT2D eigenvalue weighted by molar-refractivity contribution is 0.0854. The van der Waals surface area contributed by atoms with E-state index in [0.29, 0.717) is 18.9 Å². The fraction of sp³-hybridized carbons (Fsp3) is 0.562. The van der Waals surface area contributed by atoms with Crippen LogP contribution in [0, 0.1) is 0 Å². The monoisotopic (exact) mass is 293 g/mol. The molecular weight excluding hydrogens is 270 g/mol. The van der Waals surface area contributed by atoms with E-state index in [2.05, 4.69) is 6.92 Å². The van der Waals surface area contributed by atoms with Crippen LogP contribution in [0.4, 0.5) is 4.79 Å². The van der Waals surface area contributed by atoms with Crippen molar-refractivity contribution in [2.24, 2.45) is 0 Å². The second kappa shape index (κ2) is 6.70. The predicted octanol–water partition coefficient (Wildman–Crippen LogP) is 3.17. The zero-order valence-electron chi connectivity index (χ0n) is 13.1. The SMILES string of the molecule is CCOC(=O)N1CCc2cc(OC)c(OC)cc2[C@H]1CC. The van der Waals surface area contributed by atoms with Crippen molar-refractivity contribution in [3.05, 3.63) is 23.3 Å². The summed E-state index contributed by atoms with van der Waals surface area (Å²) in [6.45, 7) is 4.96. The van der Waals surface area contributed by atoms with E-state index in [1.165, 1.54) is 5.56 Å². The highest BCUT2D eigenvalue weighted by atomic mass is 16.6. The highest BCUT2D eigenvalue weighted by Crippen LogP contribution is 2.39. The van der Waals surface area contributed by atoms with Crippen molar-refractivity contribution in [3.63, 3.8) is 0 Å². The van der Waals surface area contributed by atoms with Crippen molar-refractivity contribution in [2.45, 2.75) is 32.7 Å². The Bertz CT molecular complexity index is 515. The third kappa shape index (κ3) is 2.91. The number of benzene rings is 1. The van der Waals surface area contributed by atoms with Gasteiger partial charge in [-0.2, -0.15) is 0 Å². The average Bonchev–Trinajstić information content (AvgIpc) is 2.52. The van der Waals surface area contributed by atoms with Gasteiger partial charge in [0.25, 0.3) is 0 Å². The van der Waals surface area contributed by atoms with Crippen LogP contribution in [0.5, 0.6) is 11.5 Å². The van der Waals surface area contributed by atoms with Gasteiger partial charge in [-0.3, -0.25) is 0 Å². The van der Waals surface area contributed by atoms with Gasteiger partial charge in [-0.15, -0.1) is 0 Å². The summed E-state index contributed by atoms with van der Waals surface area (Å²) in [6, 6.07) is 4.01. The van der Waals surface area contributed by atoms with Crippen LogP contribution in [0.15, 0.2) is 12.1 Å². The lowest BCUT2D eigenvalue weighted by Gasteiger charge is -2.36. The van der Waals surface area contributed by atoms with E-state index in [-0.39, 0.29) is 12.1 Å². The van der Waals surface area contributed by atoms with Crippen molar-refractivity contribution in [1.82, 2.24) is 4.90 Å². The number of ether oxygens (including phenoxy) is 3. The number of amides is 1. The van der Waals surface area contributed by atoms with Gasteiger partial charge in [0.1, 0.15) is 0 Å². The van der Waals surface area contributed by atoms with E-state index in [1.54, 1.807) is 19.1 Å². The van der Waals surface area contributed by atoms with Gasteiger partial charge in [0.15, 0.2) is 11.5 Å². The Kier molecular flexibility index (Phi) is 4.94. The molecule has 1 amide bonds. The number of rotatable bonds is 4. The summed E-state index contributed by atoms with van der Waals surface area (Å²) < 4.78 is 15.9. The van der Waals surface area contributed by atoms with Gasteiger partial charge in [-0.1, -0.05) is 6.92 Å². The summed E-state index contributed by atoms with van der Waals surface area (Å²) in [7, 11) is 3.26. The molecule has 5 heteroatoms. The van der Waals surface area contributed by atoms with Crippen LogP contribution in [0.25, 0.3) is 0 Å². The van der Waals surface area contributed by atoms with Gasteiger partial charge < -0.3 is 19.1 Å². The molecule has 1 aromatic rings. The van der Waals surface area contributed by atoms with Crippen molar-refractivity contribution in [3.8, 4) is 11.5 Å². The molecule has 5 nitrogen and oxygen atoms in total. The molecule has 21 heavy (non-hydrogen) atoms. The molecule has 0 aliphatic carbocycles. The van der Waals surface area contributed by atoms with Gasteiger partial charge in [-0.05, 0) is 43.0 Å². The highest BCUT2D eigenvalue weighted by molar-refractivity contribution is 5.69. The van der Waals surface area contributed by atoms with Crippen LogP contribution in [0.2, 0.25) is 0 Å². The Morgan fingerprint density at radius 1 is 1.24 bits per heavy atom. The second-order valence-electron chi connectivity index (χ2n) is 4.97. The highest BCUT2D eigenvalue weighted by Gasteiger charge is 2.31. The lowest BCUT2D eigenvalue weighted by Crippen LogP contribution is -2.40. The summed E-state index contributed by atoms with van der Waals surface area (Å²) in [6.07, 6.45) is 1.39. The van der Waals surface area contributed by atoms with Crippen molar-refractivity contribution >= 4 is 6.09 Å². The molecule has 0 fully saturated rings. The maximum Gasteiger partial charge on any atom is 0.410 e. The van der Waals surface area contributed by atoms with E-state index in [9.17, 15) is 4.79 Å². The Labute approximate surface area is 125 Å². The molecule has 1 aliphatic rings. The fourth-order valence-corrected chi connectivity index (χ4v) is 2.89. The fourth-order valence-electron chi connectivity index (χ4n) is 2.89. The lowest BCUT2D eigenvalue weighted by atomic mass is 9.91. The molecule has 0 unspecified atom stereocenters. The average molecular weight is 293 g/mol. The van der Waals surface area contributed by atoms with E-state index < -0.39 is 0 Å². The first-order chi connectivity index (χ1) is 10.2. The Morgan fingerprint density at radius 3 is 2.48 bits per heavy atom. The normalized spacial score (nSPS) is 17.1. The molecule has 1 aromatic carbocycles. The molecule has 0 saturated heterocycles. The largest absolute Gasteiger partial charge is 0.493 e. The molecular formula is C16H23NO4. The third-order valence-corrected chi connectivity index (χ3v) is 3.89. The molecule has 1 heterocycles. The summed E-state index contributed by atoms with van der Waals surface area (Å²) in [5.41, 5.74) is 2.33. The summed E-state index contributed by atoms with van der Waals surface area (Å²) in [5.74, 6) is 1.43. The first kappa shape index (κ1) is 15.5. The Morgan fingerprint density at radius 2 is 1.90 bits per heavy atom.